The summed E-state index contributed by atoms with van der Waals surface area (Å²) in [5.74, 6) is 0.874. The minimum absolute atomic E-state index is 0.847. The molecular weight excluding hydrogens is 228 g/mol. The first kappa shape index (κ1) is 12.2. The van der Waals surface area contributed by atoms with Crippen LogP contribution < -0.4 is 0 Å². The van der Waals surface area contributed by atoms with Crippen molar-refractivity contribution in [2.24, 2.45) is 0 Å². The first-order valence-electron chi connectivity index (χ1n) is 5.90. The minimum Gasteiger partial charge on any atom is -0.265 e. The zero-order chi connectivity index (χ0) is 12.3. The van der Waals surface area contributed by atoms with Gasteiger partial charge in [-0.25, -0.2) is 0 Å². The monoisotopic (exact) mass is 246 g/mol. The van der Waals surface area contributed by atoms with Crippen LogP contribution in [0.1, 0.15) is 22.5 Å². The van der Waals surface area contributed by atoms with Crippen molar-refractivity contribution in [1.29, 1.82) is 0 Å². The minimum atomic E-state index is 0.847. The summed E-state index contributed by atoms with van der Waals surface area (Å²) >= 11 is 4.30. The summed E-state index contributed by atoms with van der Waals surface area (Å²) in [4.78, 5) is 0. The van der Waals surface area contributed by atoms with E-state index >= 15 is 0 Å². The Morgan fingerprint density at radius 1 is 1.18 bits per heavy atom. The molecule has 0 bridgehead atoms. The number of hydrogen-bond acceptors (Lipinski definition) is 2. The van der Waals surface area contributed by atoms with Gasteiger partial charge >= 0.3 is 0 Å². The number of rotatable bonds is 4. The van der Waals surface area contributed by atoms with Gasteiger partial charge in [-0.15, -0.1) is 0 Å². The third-order valence-electron chi connectivity index (χ3n) is 3.07. The molecule has 0 saturated heterocycles. The highest BCUT2D eigenvalue weighted by atomic mass is 32.1. The molecule has 0 spiro atoms. The van der Waals surface area contributed by atoms with Crippen molar-refractivity contribution in [3.63, 3.8) is 0 Å². The highest BCUT2D eigenvalue weighted by molar-refractivity contribution is 7.80. The van der Waals surface area contributed by atoms with Crippen LogP contribution in [0.25, 0.3) is 0 Å². The molecule has 0 radical (unpaired) electrons. The van der Waals surface area contributed by atoms with E-state index in [-0.39, 0.29) is 0 Å². The summed E-state index contributed by atoms with van der Waals surface area (Å²) < 4.78 is 2.09. The lowest BCUT2D eigenvalue weighted by atomic mass is 10.1. The lowest BCUT2D eigenvalue weighted by Crippen LogP contribution is -2.04. The van der Waals surface area contributed by atoms with E-state index in [1.165, 1.54) is 16.8 Å². The molecule has 0 N–H and O–H groups in total. The van der Waals surface area contributed by atoms with E-state index in [0.29, 0.717) is 0 Å². The Morgan fingerprint density at radius 3 is 2.53 bits per heavy atom. The van der Waals surface area contributed by atoms with Gasteiger partial charge in [0.05, 0.1) is 12.2 Å². The van der Waals surface area contributed by atoms with Crippen molar-refractivity contribution < 1.29 is 0 Å². The number of hydrogen-bond donors (Lipinski definition) is 1. The highest BCUT2D eigenvalue weighted by Gasteiger charge is 2.10. The molecule has 1 aromatic heterocycles. The third kappa shape index (κ3) is 2.72. The maximum Gasteiger partial charge on any atom is 0.0662 e. The molecule has 2 aromatic rings. The maximum atomic E-state index is 4.61. The van der Waals surface area contributed by atoms with Gasteiger partial charge < -0.3 is 0 Å². The summed E-state index contributed by atoms with van der Waals surface area (Å²) in [6.07, 6.45) is 0.996. The quantitative estimate of drug-likeness (QED) is 0.821. The van der Waals surface area contributed by atoms with E-state index in [0.717, 1.165) is 24.4 Å². The van der Waals surface area contributed by atoms with Crippen molar-refractivity contribution in [3.05, 3.63) is 52.8 Å². The first-order valence-corrected chi connectivity index (χ1v) is 6.53. The second kappa shape index (κ2) is 5.41. The molecule has 1 heterocycles. The lowest BCUT2D eigenvalue weighted by Gasteiger charge is -2.05. The number of thiol groups is 1. The second-order valence-electron chi connectivity index (χ2n) is 4.27. The molecule has 2 rings (SSSR count). The molecule has 0 atom stereocenters. The van der Waals surface area contributed by atoms with E-state index in [1.807, 2.05) is 6.07 Å². The largest absolute Gasteiger partial charge is 0.265 e. The fraction of sp³-hybridized carbons (Fsp3) is 0.357. The van der Waals surface area contributed by atoms with Gasteiger partial charge in [0.1, 0.15) is 0 Å². The van der Waals surface area contributed by atoms with Crippen molar-refractivity contribution >= 4 is 12.6 Å². The van der Waals surface area contributed by atoms with Crippen molar-refractivity contribution in [2.45, 2.75) is 26.8 Å². The molecule has 2 nitrogen and oxygen atoms in total. The van der Waals surface area contributed by atoms with E-state index in [9.17, 15) is 0 Å². The van der Waals surface area contributed by atoms with Gasteiger partial charge in [-0.2, -0.15) is 17.7 Å². The molecule has 0 aliphatic rings. The van der Waals surface area contributed by atoms with Gasteiger partial charge in [0.15, 0.2) is 0 Å². The molecule has 0 saturated carbocycles. The van der Waals surface area contributed by atoms with Gasteiger partial charge in [0.2, 0.25) is 0 Å². The number of benzene rings is 1. The number of aromatic nitrogens is 2. The summed E-state index contributed by atoms with van der Waals surface area (Å²) in [5.41, 5.74) is 5.03. The van der Waals surface area contributed by atoms with Crippen molar-refractivity contribution in [3.8, 4) is 0 Å². The topological polar surface area (TPSA) is 17.8 Å². The Kier molecular flexibility index (Phi) is 3.89. The Balaban J connectivity index is 2.25. The third-order valence-corrected chi connectivity index (χ3v) is 3.29. The van der Waals surface area contributed by atoms with Crippen LogP contribution in [0.5, 0.6) is 0 Å². The Bertz CT molecular complexity index is 488. The number of nitrogens with zero attached hydrogens (tertiary/aromatic N) is 2. The molecule has 90 valence electrons. The molecule has 0 amide bonds. The summed E-state index contributed by atoms with van der Waals surface area (Å²) in [6.45, 7) is 5.06. The van der Waals surface area contributed by atoms with Crippen LogP contribution in [0.3, 0.4) is 0 Å². The van der Waals surface area contributed by atoms with E-state index < -0.39 is 0 Å². The van der Waals surface area contributed by atoms with Crippen LogP contribution >= 0.6 is 12.6 Å². The molecule has 17 heavy (non-hydrogen) atoms. The molecule has 0 aliphatic heterocycles. The van der Waals surface area contributed by atoms with Crippen molar-refractivity contribution in [2.75, 3.05) is 5.75 Å². The van der Waals surface area contributed by atoms with Crippen molar-refractivity contribution in [1.82, 2.24) is 9.78 Å². The molecular formula is C14H18N2S. The second-order valence-corrected chi connectivity index (χ2v) is 4.71. The Hall–Kier alpha value is -1.22. The maximum absolute atomic E-state index is 4.61. The van der Waals surface area contributed by atoms with Crippen LogP contribution in [0, 0.1) is 13.8 Å². The predicted molar refractivity (Wildman–Crippen MR) is 74.8 cm³/mol. The van der Waals surface area contributed by atoms with E-state index in [1.54, 1.807) is 0 Å². The Morgan fingerprint density at radius 2 is 1.88 bits per heavy atom. The van der Waals surface area contributed by atoms with Crippen LogP contribution in [0.15, 0.2) is 30.3 Å². The van der Waals surface area contributed by atoms with Gasteiger partial charge in [0, 0.05) is 5.69 Å². The molecule has 0 aliphatic carbocycles. The lowest BCUT2D eigenvalue weighted by molar-refractivity contribution is 0.658. The van der Waals surface area contributed by atoms with Gasteiger partial charge in [-0.05, 0) is 37.1 Å². The smallest absolute Gasteiger partial charge is 0.0662 e. The van der Waals surface area contributed by atoms with Crippen LogP contribution in [-0.4, -0.2) is 15.5 Å². The zero-order valence-corrected chi connectivity index (χ0v) is 11.2. The van der Waals surface area contributed by atoms with Crippen LogP contribution in [0.4, 0.5) is 0 Å². The Labute approximate surface area is 108 Å². The predicted octanol–water partition coefficient (Wildman–Crippen LogP) is 3.02. The molecule has 3 heteroatoms. The van der Waals surface area contributed by atoms with Crippen LogP contribution in [-0.2, 0) is 13.0 Å². The standard InChI is InChI=1S/C14H18N2S/c1-11-14(8-9-17)12(2)16(15-11)10-13-6-4-3-5-7-13/h3-7,17H,8-10H2,1-2H3. The molecule has 0 unspecified atom stereocenters. The van der Waals surface area contributed by atoms with E-state index in [2.05, 4.69) is 60.5 Å². The number of aryl methyl sites for hydroxylation is 1. The zero-order valence-electron chi connectivity index (χ0n) is 10.3. The van der Waals surface area contributed by atoms with Gasteiger partial charge in [0.25, 0.3) is 0 Å². The average molecular weight is 246 g/mol. The van der Waals surface area contributed by atoms with Gasteiger partial charge in [-0.3, -0.25) is 4.68 Å². The van der Waals surface area contributed by atoms with Crippen LogP contribution in [0.2, 0.25) is 0 Å². The normalized spacial score (nSPS) is 10.8. The van der Waals surface area contributed by atoms with Gasteiger partial charge in [-0.1, -0.05) is 30.3 Å². The summed E-state index contributed by atoms with van der Waals surface area (Å²) in [5, 5.41) is 4.61. The van der Waals surface area contributed by atoms with E-state index in [4.69, 9.17) is 0 Å². The molecule has 1 aromatic carbocycles. The molecule has 0 fully saturated rings. The average Bonchev–Trinajstić information content (AvgIpc) is 2.59. The highest BCUT2D eigenvalue weighted by Crippen LogP contribution is 2.15. The summed E-state index contributed by atoms with van der Waals surface area (Å²) in [6, 6.07) is 10.4. The summed E-state index contributed by atoms with van der Waals surface area (Å²) in [7, 11) is 0. The fourth-order valence-corrected chi connectivity index (χ4v) is 2.34. The fourth-order valence-electron chi connectivity index (χ4n) is 2.12. The SMILES string of the molecule is Cc1nn(Cc2ccccc2)c(C)c1CCS. The first-order chi connectivity index (χ1) is 8.22.